The van der Waals surface area contributed by atoms with Crippen molar-refractivity contribution in [2.75, 3.05) is 0 Å². The first kappa shape index (κ1) is 15.1. The van der Waals surface area contributed by atoms with E-state index in [0.717, 1.165) is 17.7 Å². The molecular weight excluding hydrogens is 278 g/mol. The number of hydrogen-bond acceptors (Lipinski definition) is 3. The van der Waals surface area contributed by atoms with E-state index in [-0.39, 0.29) is 11.9 Å². The summed E-state index contributed by atoms with van der Waals surface area (Å²) in [6.07, 6.45) is 0. The predicted octanol–water partition coefficient (Wildman–Crippen LogP) is 3.72. The molecule has 0 aliphatic carbocycles. The molecule has 0 bridgehead atoms. The number of nitro benzene ring substituents is 1. The fraction of sp³-hybridized carbons (Fsp3) is 0.200. The maximum atomic E-state index is 13.5. The summed E-state index contributed by atoms with van der Waals surface area (Å²) in [4.78, 5) is 9.77. The minimum Gasteiger partial charge on any atom is -0.306 e. The number of hydrogen-bond donors (Lipinski definition) is 1. The summed E-state index contributed by atoms with van der Waals surface area (Å²) in [6.45, 7) is 2.18. The van der Waals surface area contributed by atoms with Gasteiger partial charge in [-0.1, -0.05) is 18.2 Å². The fourth-order valence-electron chi connectivity index (χ4n) is 1.97. The van der Waals surface area contributed by atoms with E-state index in [2.05, 4.69) is 5.32 Å². The van der Waals surface area contributed by atoms with E-state index in [1.165, 1.54) is 18.2 Å². The molecule has 4 nitrogen and oxygen atoms in total. The van der Waals surface area contributed by atoms with Gasteiger partial charge >= 0.3 is 5.69 Å². The molecule has 0 amide bonds. The van der Waals surface area contributed by atoms with Crippen LogP contribution in [0.25, 0.3) is 0 Å². The summed E-state index contributed by atoms with van der Waals surface area (Å²) in [7, 11) is 0. The van der Waals surface area contributed by atoms with Crippen molar-refractivity contribution in [1.29, 1.82) is 0 Å². The number of rotatable bonds is 5. The van der Waals surface area contributed by atoms with Crippen molar-refractivity contribution in [3.05, 3.63) is 75.3 Å². The zero-order valence-corrected chi connectivity index (χ0v) is 11.3. The quantitative estimate of drug-likeness (QED) is 0.675. The SMILES string of the molecule is C[C@@H](NCc1ccc([N+](=O)[O-])c(F)c1)c1cccc(F)c1. The van der Waals surface area contributed by atoms with Gasteiger partial charge in [0.1, 0.15) is 5.82 Å². The van der Waals surface area contributed by atoms with Crippen molar-refractivity contribution in [2.45, 2.75) is 19.5 Å². The van der Waals surface area contributed by atoms with E-state index in [9.17, 15) is 18.9 Å². The second-order valence-electron chi connectivity index (χ2n) is 4.70. The van der Waals surface area contributed by atoms with E-state index >= 15 is 0 Å². The van der Waals surface area contributed by atoms with Gasteiger partial charge < -0.3 is 5.32 Å². The van der Waals surface area contributed by atoms with Crippen LogP contribution in [0.3, 0.4) is 0 Å². The molecule has 0 saturated carbocycles. The lowest BCUT2D eigenvalue weighted by atomic mass is 10.1. The first-order valence-electron chi connectivity index (χ1n) is 6.39. The van der Waals surface area contributed by atoms with Crippen LogP contribution in [0.1, 0.15) is 24.1 Å². The second-order valence-corrected chi connectivity index (χ2v) is 4.70. The number of nitrogens with one attached hydrogen (secondary N) is 1. The van der Waals surface area contributed by atoms with Crippen LogP contribution < -0.4 is 5.32 Å². The Labute approximate surface area is 120 Å². The number of nitrogens with zero attached hydrogens (tertiary/aromatic N) is 1. The topological polar surface area (TPSA) is 55.2 Å². The molecule has 1 atom stereocenters. The molecule has 21 heavy (non-hydrogen) atoms. The highest BCUT2D eigenvalue weighted by Crippen LogP contribution is 2.19. The van der Waals surface area contributed by atoms with Gasteiger partial charge in [0.15, 0.2) is 0 Å². The zero-order chi connectivity index (χ0) is 15.4. The van der Waals surface area contributed by atoms with Crippen LogP contribution in [-0.2, 0) is 6.54 Å². The van der Waals surface area contributed by atoms with Crippen LogP contribution in [-0.4, -0.2) is 4.92 Å². The molecule has 0 saturated heterocycles. The Kier molecular flexibility index (Phi) is 4.59. The Balaban J connectivity index is 2.03. The molecule has 0 aliphatic heterocycles. The Bertz CT molecular complexity index is 662. The number of benzene rings is 2. The third-order valence-electron chi connectivity index (χ3n) is 3.17. The Morgan fingerprint density at radius 3 is 2.62 bits per heavy atom. The van der Waals surface area contributed by atoms with Gasteiger partial charge in [0.05, 0.1) is 4.92 Å². The summed E-state index contributed by atoms with van der Waals surface area (Å²) >= 11 is 0. The molecule has 2 rings (SSSR count). The highest BCUT2D eigenvalue weighted by Gasteiger charge is 2.14. The molecule has 0 radical (unpaired) electrons. The molecule has 0 unspecified atom stereocenters. The normalized spacial score (nSPS) is 12.1. The monoisotopic (exact) mass is 292 g/mol. The second kappa shape index (κ2) is 6.41. The minimum absolute atomic E-state index is 0.126. The van der Waals surface area contributed by atoms with Gasteiger partial charge in [-0.2, -0.15) is 4.39 Å². The Morgan fingerprint density at radius 2 is 2.00 bits per heavy atom. The zero-order valence-electron chi connectivity index (χ0n) is 11.3. The molecule has 0 aromatic heterocycles. The molecule has 0 heterocycles. The van der Waals surface area contributed by atoms with Gasteiger partial charge in [-0.25, -0.2) is 4.39 Å². The molecule has 2 aromatic carbocycles. The fourth-order valence-corrected chi connectivity index (χ4v) is 1.97. The van der Waals surface area contributed by atoms with Gasteiger partial charge in [-0.05, 0) is 36.2 Å². The molecule has 6 heteroatoms. The first-order valence-corrected chi connectivity index (χ1v) is 6.39. The maximum absolute atomic E-state index is 13.5. The maximum Gasteiger partial charge on any atom is 0.304 e. The summed E-state index contributed by atoms with van der Waals surface area (Å²) < 4.78 is 26.6. The van der Waals surface area contributed by atoms with Crippen molar-refractivity contribution >= 4 is 5.69 Å². The van der Waals surface area contributed by atoms with Gasteiger partial charge in [-0.15, -0.1) is 0 Å². The Hall–Kier alpha value is -2.34. The van der Waals surface area contributed by atoms with Crippen LogP contribution in [0.4, 0.5) is 14.5 Å². The van der Waals surface area contributed by atoms with Crippen molar-refractivity contribution in [2.24, 2.45) is 0 Å². The van der Waals surface area contributed by atoms with Gasteiger partial charge in [0.25, 0.3) is 0 Å². The van der Waals surface area contributed by atoms with Crippen LogP contribution >= 0.6 is 0 Å². The lowest BCUT2D eigenvalue weighted by molar-refractivity contribution is -0.387. The van der Waals surface area contributed by atoms with E-state index in [1.54, 1.807) is 12.1 Å². The Morgan fingerprint density at radius 1 is 1.24 bits per heavy atom. The lowest BCUT2D eigenvalue weighted by Crippen LogP contribution is -2.18. The highest BCUT2D eigenvalue weighted by atomic mass is 19.1. The smallest absolute Gasteiger partial charge is 0.304 e. The molecule has 110 valence electrons. The summed E-state index contributed by atoms with van der Waals surface area (Å²) in [5, 5.41) is 13.6. The van der Waals surface area contributed by atoms with Gasteiger partial charge in [0.2, 0.25) is 5.82 Å². The van der Waals surface area contributed by atoms with Crippen LogP contribution in [0.2, 0.25) is 0 Å². The van der Waals surface area contributed by atoms with Crippen LogP contribution in [0.15, 0.2) is 42.5 Å². The van der Waals surface area contributed by atoms with E-state index in [1.807, 2.05) is 6.92 Å². The van der Waals surface area contributed by atoms with Crippen molar-refractivity contribution in [3.8, 4) is 0 Å². The first-order chi connectivity index (χ1) is 9.97. The van der Waals surface area contributed by atoms with E-state index in [4.69, 9.17) is 0 Å². The lowest BCUT2D eigenvalue weighted by Gasteiger charge is -2.14. The largest absolute Gasteiger partial charge is 0.306 e. The standard InChI is InChI=1S/C15H14F2N2O2/c1-10(12-3-2-4-13(16)8-12)18-9-11-5-6-15(19(20)21)14(17)7-11/h2-8,10,18H,9H2,1H3/t10-/m1/s1. The van der Waals surface area contributed by atoms with Crippen molar-refractivity contribution in [3.63, 3.8) is 0 Å². The summed E-state index contributed by atoms with van der Waals surface area (Å²) in [5.74, 6) is -1.18. The molecule has 0 spiro atoms. The number of halogens is 2. The van der Waals surface area contributed by atoms with Crippen molar-refractivity contribution in [1.82, 2.24) is 5.32 Å². The van der Waals surface area contributed by atoms with Crippen LogP contribution in [0, 0.1) is 21.7 Å². The number of nitro groups is 1. The predicted molar refractivity (Wildman–Crippen MR) is 74.7 cm³/mol. The molecule has 0 fully saturated rings. The molecule has 2 aromatic rings. The molecule has 1 N–H and O–H groups in total. The minimum atomic E-state index is -0.863. The summed E-state index contributed by atoms with van der Waals surface area (Å²) in [5.41, 5.74) is 0.815. The van der Waals surface area contributed by atoms with Crippen LogP contribution in [0.5, 0.6) is 0 Å². The van der Waals surface area contributed by atoms with Crippen molar-refractivity contribution < 1.29 is 13.7 Å². The molecular formula is C15H14F2N2O2. The average Bonchev–Trinajstić information content (AvgIpc) is 2.44. The highest BCUT2D eigenvalue weighted by molar-refractivity contribution is 5.35. The third-order valence-corrected chi connectivity index (χ3v) is 3.17. The summed E-state index contributed by atoms with van der Waals surface area (Å²) in [6, 6.07) is 9.83. The molecule has 0 aliphatic rings. The van der Waals surface area contributed by atoms with Gasteiger partial charge in [-0.3, -0.25) is 10.1 Å². The average molecular weight is 292 g/mol. The van der Waals surface area contributed by atoms with Gasteiger partial charge in [0, 0.05) is 18.7 Å². The van der Waals surface area contributed by atoms with E-state index in [0.29, 0.717) is 12.1 Å². The van der Waals surface area contributed by atoms with E-state index < -0.39 is 16.4 Å². The third kappa shape index (κ3) is 3.82.